The number of rotatable bonds is 7. The number of ether oxygens (including phenoxy) is 1. The lowest BCUT2D eigenvalue weighted by molar-refractivity contribution is -0.147. The molecule has 0 bridgehead atoms. The minimum Gasteiger partial charge on any atom is -0.479 e. The number of carboxylic acid groups (broad SMARTS) is 1. The maximum Gasteiger partial charge on any atom is 0.345 e. The van der Waals surface area contributed by atoms with Gasteiger partial charge in [0.25, 0.3) is 0 Å². The Kier molecular flexibility index (Phi) is 6.38. The van der Waals surface area contributed by atoms with Gasteiger partial charge in [-0.2, -0.15) is 0 Å². The highest BCUT2D eigenvalue weighted by Crippen LogP contribution is 2.35. The first-order chi connectivity index (χ1) is 19.1. The van der Waals surface area contributed by atoms with Gasteiger partial charge in [-0.15, -0.1) is 0 Å². The summed E-state index contributed by atoms with van der Waals surface area (Å²) in [4.78, 5) is 43.5. The summed E-state index contributed by atoms with van der Waals surface area (Å²) in [5.74, 6) is -2.01. The number of carbonyl (C=O) groups excluding carboxylic acids is 1. The van der Waals surface area contributed by atoms with Crippen LogP contribution in [0.3, 0.4) is 0 Å². The molecular formula is C30H23N5O4. The molecule has 192 valence electrons. The number of aromatic nitrogens is 4. The number of aliphatic carboxylic acids is 1. The van der Waals surface area contributed by atoms with Gasteiger partial charge < -0.3 is 15.2 Å². The van der Waals surface area contributed by atoms with Crippen LogP contribution in [0.25, 0.3) is 33.8 Å². The Morgan fingerprint density at radius 2 is 1.54 bits per heavy atom. The van der Waals surface area contributed by atoms with Crippen LogP contribution in [0.2, 0.25) is 0 Å². The molecule has 0 aliphatic carbocycles. The lowest BCUT2D eigenvalue weighted by atomic mass is 9.95. The highest BCUT2D eigenvalue weighted by molar-refractivity contribution is 5.95. The van der Waals surface area contributed by atoms with Crippen LogP contribution in [0.4, 0.5) is 5.69 Å². The molecule has 0 amide bonds. The number of anilines is 1. The molecule has 2 N–H and O–H groups in total. The van der Waals surface area contributed by atoms with E-state index in [-0.39, 0.29) is 17.9 Å². The first-order valence-electron chi connectivity index (χ1n) is 12.5. The SMILES string of the molecule is O=C(O[C@@H](CC1CNc2ccccc21)C(=O)O)c1ccc2nc(-c3ccccn3)c(-c3ccccn3)nc2c1. The van der Waals surface area contributed by atoms with Crippen molar-refractivity contribution in [3.05, 3.63) is 102 Å². The first kappa shape index (κ1) is 24.2. The summed E-state index contributed by atoms with van der Waals surface area (Å²) in [5.41, 5.74) is 5.51. The fourth-order valence-corrected chi connectivity index (χ4v) is 4.77. The Morgan fingerprint density at radius 1 is 0.872 bits per heavy atom. The van der Waals surface area contributed by atoms with Crippen molar-refractivity contribution in [2.45, 2.75) is 18.4 Å². The number of nitrogens with one attached hydrogen (secondary N) is 1. The lowest BCUT2D eigenvalue weighted by Gasteiger charge is -2.18. The highest BCUT2D eigenvalue weighted by atomic mass is 16.6. The molecular weight excluding hydrogens is 494 g/mol. The molecule has 2 atom stereocenters. The van der Waals surface area contributed by atoms with E-state index in [4.69, 9.17) is 14.7 Å². The van der Waals surface area contributed by atoms with Crippen molar-refractivity contribution in [1.82, 2.24) is 19.9 Å². The van der Waals surface area contributed by atoms with E-state index in [9.17, 15) is 14.7 Å². The van der Waals surface area contributed by atoms with Crippen LogP contribution < -0.4 is 5.32 Å². The van der Waals surface area contributed by atoms with Crippen molar-refractivity contribution in [1.29, 1.82) is 0 Å². The molecule has 3 aromatic heterocycles. The molecule has 1 aliphatic rings. The third-order valence-electron chi connectivity index (χ3n) is 6.68. The molecule has 0 fully saturated rings. The van der Waals surface area contributed by atoms with Crippen LogP contribution in [-0.2, 0) is 9.53 Å². The maximum atomic E-state index is 13.1. The highest BCUT2D eigenvalue weighted by Gasteiger charge is 2.31. The quantitative estimate of drug-likeness (QED) is 0.288. The van der Waals surface area contributed by atoms with Crippen LogP contribution >= 0.6 is 0 Å². The van der Waals surface area contributed by atoms with Gasteiger partial charge in [-0.1, -0.05) is 30.3 Å². The molecule has 0 radical (unpaired) electrons. The fourth-order valence-electron chi connectivity index (χ4n) is 4.77. The smallest absolute Gasteiger partial charge is 0.345 e. The minimum atomic E-state index is -1.30. The van der Waals surface area contributed by atoms with Gasteiger partial charge in [0.05, 0.1) is 28.0 Å². The Labute approximate surface area is 223 Å². The normalized spacial score (nSPS) is 14.8. The van der Waals surface area contributed by atoms with E-state index in [0.29, 0.717) is 40.4 Å². The molecule has 39 heavy (non-hydrogen) atoms. The Hall–Kier alpha value is -5.18. The number of hydrogen-bond acceptors (Lipinski definition) is 8. The second-order valence-electron chi connectivity index (χ2n) is 9.19. The summed E-state index contributed by atoms with van der Waals surface area (Å²) >= 11 is 0. The van der Waals surface area contributed by atoms with Crippen molar-refractivity contribution < 1.29 is 19.4 Å². The van der Waals surface area contributed by atoms with E-state index >= 15 is 0 Å². The van der Waals surface area contributed by atoms with Crippen molar-refractivity contribution in [2.24, 2.45) is 0 Å². The number of fused-ring (bicyclic) bond motifs is 2. The number of para-hydroxylation sites is 1. The van der Waals surface area contributed by atoms with Crippen LogP contribution in [0.15, 0.2) is 91.3 Å². The predicted molar refractivity (Wildman–Crippen MR) is 145 cm³/mol. The summed E-state index contributed by atoms with van der Waals surface area (Å²) in [6.07, 6.45) is 2.21. The van der Waals surface area contributed by atoms with Gasteiger partial charge in [0.15, 0.2) is 6.10 Å². The number of carbonyl (C=O) groups is 2. The van der Waals surface area contributed by atoms with Gasteiger partial charge in [-0.25, -0.2) is 19.6 Å². The zero-order valence-corrected chi connectivity index (χ0v) is 20.7. The molecule has 2 aromatic carbocycles. The van der Waals surface area contributed by atoms with Gasteiger partial charge in [-0.3, -0.25) is 9.97 Å². The van der Waals surface area contributed by atoms with Gasteiger partial charge in [0.2, 0.25) is 0 Å². The number of carboxylic acids is 1. The number of esters is 1. The average molecular weight is 518 g/mol. The van der Waals surface area contributed by atoms with Crippen molar-refractivity contribution in [3.8, 4) is 22.8 Å². The monoisotopic (exact) mass is 517 g/mol. The van der Waals surface area contributed by atoms with E-state index in [1.54, 1.807) is 30.6 Å². The molecule has 9 heteroatoms. The van der Waals surface area contributed by atoms with E-state index in [0.717, 1.165) is 11.3 Å². The van der Waals surface area contributed by atoms with E-state index < -0.39 is 18.0 Å². The van der Waals surface area contributed by atoms with E-state index in [1.165, 1.54) is 0 Å². The van der Waals surface area contributed by atoms with Gasteiger partial charge in [0, 0.05) is 37.0 Å². The number of pyridine rings is 2. The molecule has 5 aromatic rings. The zero-order valence-electron chi connectivity index (χ0n) is 20.7. The number of hydrogen-bond donors (Lipinski definition) is 2. The Morgan fingerprint density at radius 3 is 2.21 bits per heavy atom. The Bertz CT molecular complexity index is 1680. The van der Waals surface area contributed by atoms with Crippen LogP contribution in [0.1, 0.15) is 28.3 Å². The molecule has 0 saturated heterocycles. The number of benzene rings is 2. The Balaban J connectivity index is 1.31. The summed E-state index contributed by atoms with van der Waals surface area (Å²) in [7, 11) is 0. The number of nitrogens with zero attached hydrogens (tertiary/aromatic N) is 4. The molecule has 4 heterocycles. The third kappa shape index (κ3) is 4.89. The molecule has 6 rings (SSSR count). The molecule has 1 unspecified atom stereocenters. The topological polar surface area (TPSA) is 127 Å². The van der Waals surface area contributed by atoms with Gasteiger partial charge in [-0.05, 0) is 54.1 Å². The molecule has 1 aliphatic heterocycles. The van der Waals surface area contributed by atoms with E-state index in [1.807, 2.05) is 60.7 Å². The lowest BCUT2D eigenvalue weighted by Crippen LogP contribution is -2.29. The summed E-state index contributed by atoms with van der Waals surface area (Å²) in [6, 6.07) is 23.6. The first-order valence-corrected chi connectivity index (χ1v) is 12.5. The maximum absolute atomic E-state index is 13.1. The second-order valence-corrected chi connectivity index (χ2v) is 9.19. The van der Waals surface area contributed by atoms with Crippen LogP contribution in [-0.4, -0.2) is 49.6 Å². The average Bonchev–Trinajstić information content (AvgIpc) is 3.39. The standard InChI is InChI=1S/C30H23N5O4/c36-29(37)26(16-19-17-33-21-8-2-1-7-20(19)21)39-30(38)18-11-12-22-25(15-18)35-28(24-10-4-6-14-32-24)27(34-22)23-9-3-5-13-31-23/h1-15,19,26,33H,16-17H2,(H,36,37)/t19?,26-/m0/s1. The third-order valence-corrected chi connectivity index (χ3v) is 6.68. The minimum absolute atomic E-state index is 0.0801. The molecule has 0 spiro atoms. The summed E-state index contributed by atoms with van der Waals surface area (Å²) in [6.45, 7) is 0.584. The second kappa shape index (κ2) is 10.3. The van der Waals surface area contributed by atoms with Crippen LogP contribution in [0, 0.1) is 0 Å². The predicted octanol–water partition coefficient (Wildman–Crippen LogP) is 4.96. The summed E-state index contributed by atoms with van der Waals surface area (Å²) in [5, 5.41) is 13.1. The van der Waals surface area contributed by atoms with Gasteiger partial charge in [0.1, 0.15) is 11.4 Å². The van der Waals surface area contributed by atoms with Crippen LogP contribution in [0.5, 0.6) is 0 Å². The van der Waals surface area contributed by atoms with Crippen molar-refractivity contribution >= 4 is 28.7 Å². The molecule has 9 nitrogen and oxygen atoms in total. The zero-order chi connectivity index (χ0) is 26.8. The fraction of sp³-hybridized carbons (Fsp3) is 0.133. The summed E-state index contributed by atoms with van der Waals surface area (Å²) < 4.78 is 5.50. The largest absolute Gasteiger partial charge is 0.479 e. The van der Waals surface area contributed by atoms with Crippen molar-refractivity contribution in [2.75, 3.05) is 11.9 Å². The molecule has 0 saturated carbocycles. The van der Waals surface area contributed by atoms with E-state index in [2.05, 4.69) is 15.3 Å². The van der Waals surface area contributed by atoms with Crippen molar-refractivity contribution in [3.63, 3.8) is 0 Å². The van der Waals surface area contributed by atoms with Gasteiger partial charge >= 0.3 is 11.9 Å².